The van der Waals surface area contributed by atoms with Gasteiger partial charge in [0.1, 0.15) is 5.75 Å². The van der Waals surface area contributed by atoms with Crippen molar-refractivity contribution in [3.8, 4) is 5.75 Å². The number of hydrogen-bond donors (Lipinski definition) is 2. The van der Waals surface area contributed by atoms with Gasteiger partial charge in [-0.15, -0.1) is 11.6 Å². The number of halogens is 1. The fraction of sp³-hybridized carbons (Fsp3) is 0.125. The van der Waals surface area contributed by atoms with Gasteiger partial charge in [-0.3, -0.25) is 0 Å². The summed E-state index contributed by atoms with van der Waals surface area (Å²) in [4.78, 5) is 10.5. The van der Waals surface area contributed by atoms with E-state index < -0.39 is 5.97 Å². The Kier molecular flexibility index (Phi) is 2.55. The van der Waals surface area contributed by atoms with Gasteiger partial charge in [-0.1, -0.05) is 0 Å². The molecule has 0 spiro atoms. The van der Waals surface area contributed by atoms with Gasteiger partial charge in [0.05, 0.1) is 11.4 Å². The van der Waals surface area contributed by atoms with E-state index in [2.05, 4.69) is 0 Å². The van der Waals surface area contributed by atoms with Crippen LogP contribution in [-0.4, -0.2) is 16.2 Å². The summed E-state index contributed by atoms with van der Waals surface area (Å²) in [7, 11) is 0. The summed E-state index contributed by atoms with van der Waals surface area (Å²) in [5.41, 5.74) is 0.556. The van der Waals surface area contributed by atoms with Gasteiger partial charge in [-0.25, -0.2) is 4.79 Å². The molecule has 0 atom stereocenters. The molecule has 0 radical (unpaired) electrons. The summed E-state index contributed by atoms with van der Waals surface area (Å²) in [5.74, 6) is -0.899. The normalized spacial score (nSPS) is 9.75. The van der Waals surface area contributed by atoms with Crippen molar-refractivity contribution in [1.29, 1.82) is 0 Å². The van der Waals surface area contributed by atoms with Crippen molar-refractivity contribution in [2.24, 2.45) is 0 Å². The lowest BCUT2D eigenvalue weighted by atomic mass is 10.1. The lowest BCUT2D eigenvalue weighted by molar-refractivity contribution is 0.0697. The SMILES string of the molecule is O=C(O)c1ccc(O)c(CCl)c1. The molecule has 0 amide bonds. The Morgan fingerprint density at radius 3 is 2.67 bits per heavy atom. The summed E-state index contributed by atoms with van der Waals surface area (Å²) in [5, 5.41) is 17.7. The van der Waals surface area contributed by atoms with Crippen molar-refractivity contribution in [3.63, 3.8) is 0 Å². The first kappa shape index (κ1) is 8.87. The first-order valence-corrected chi connectivity index (χ1v) is 3.79. The molecule has 0 aliphatic heterocycles. The van der Waals surface area contributed by atoms with Gasteiger partial charge in [0, 0.05) is 5.56 Å². The molecular formula is C8H7ClO3. The average molecular weight is 187 g/mol. The van der Waals surface area contributed by atoms with Crippen molar-refractivity contribution in [1.82, 2.24) is 0 Å². The second-order valence-electron chi connectivity index (χ2n) is 2.28. The molecular weight excluding hydrogens is 180 g/mol. The lowest BCUT2D eigenvalue weighted by Crippen LogP contribution is -1.96. The van der Waals surface area contributed by atoms with Crippen molar-refractivity contribution >= 4 is 17.6 Å². The largest absolute Gasteiger partial charge is 0.508 e. The molecule has 0 aliphatic rings. The van der Waals surface area contributed by atoms with E-state index in [0.29, 0.717) is 5.56 Å². The average Bonchev–Trinajstić information content (AvgIpc) is 2.05. The number of carbonyl (C=O) groups is 1. The number of carboxylic acid groups (broad SMARTS) is 1. The van der Waals surface area contributed by atoms with Gasteiger partial charge < -0.3 is 10.2 Å². The van der Waals surface area contributed by atoms with Crippen molar-refractivity contribution < 1.29 is 15.0 Å². The van der Waals surface area contributed by atoms with Crippen molar-refractivity contribution in [3.05, 3.63) is 29.3 Å². The topological polar surface area (TPSA) is 57.5 Å². The van der Waals surface area contributed by atoms with Gasteiger partial charge in [0.15, 0.2) is 0 Å². The molecule has 1 aromatic rings. The van der Waals surface area contributed by atoms with Gasteiger partial charge >= 0.3 is 5.97 Å². The predicted molar refractivity (Wildman–Crippen MR) is 44.6 cm³/mol. The molecule has 0 saturated heterocycles. The third kappa shape index (κ3) is 1.68. The first-order valence-electron chi connectivity index (χ1n) is 3.26. The van der Waals surface area contributed by atoms with E-state index in [1.807, 2.05) is 0 Å². The Labute approximate surface area is 74.2 Å². The van der Waals surface area contributed by atoms with Gasteiger partial charge in [-0.2, -0.15) is 0 Å². The maximum atomic E-state index is 10.5. The quantitative estimate of drug-likeness (QED) is 0.693. The second kappa shape index (κ2) is 3.45. The van der Waals surface area contributed by atoms with Crippen LogP contribution in [0.5, 0.6) is 5.75 Å². The number of phenols is 1. The van der Waals surface area contributed by atoms with Crippen LogP contribution in [0.1, 0.15) is 15.9 Å². The minimum absolute atomic E-state index is 0.0231. The molecule has 4 heteroatoms. The molecule has 0 aliphatic carbocycles. The number of carboxylic acids is 1. The van der Waals surface area contributed by atoms with Crippen LogP contribution < -0.4 is 0 Å². The Hall–Kier alpha value is -1.22. The molecule has 1 aromatic carbocycles. The molecule has 0 unspecified atom stereocenters. The van der Waals surface area contributed by atoms with Crippen molar-refractivity contribution in [2.75, 3.05) is 0 Å². The summed E-state index contributed by atoms with van der Waals surface area (Å²) in [6.45, 7) is 0. The van der Waals surface area contributed by atoms with E-state index in [9.17, 15) is 4.79 Å². The van der Waals surface area contributed by atoms with E-state index >= 15 is 0 Å². The number of benzene rings is 1. The minimum Gasteiger partial charge on any atom is -0.508 e. The lowest BCUT2D eigenvalue weighted by Gasteiger charge is -2.00. The third-order valence-corrected chi connectivity index (χ3v) is 1.76. The fourth-order valence-corrected chi connectivity index (χ4v) is 1.04. The molecule has 64 valence electrons. The standard InChI is InChI=1S/C8H7ClO3/c9-4-6-3-5(8(11)12)1-2-7(6)10/h1-3,10H,4H2,(H,11,12). The maximum Gasteiger partial charge on any atom is 0.335 e. The third-order valence-electron chi connectivity index (χ3n) is 1.47. The van der Waals surface area contributed by atoms with E-state index in [4.69, 9.17) is 21.8 Å². The van der Waals surface area contributed by atoms with Crippen LogP contribution in [0.25, 0.3) is 0 Å². The first-order chi connectivity index (χ1) is 5.65. The second-order valence-corrected chi connectivity index (χ2v) is 2.55. The zero-order valence-corrected chi connectivity index (χ0v) is 6.88. The highest BCUT2D eigenvalue weighted by Crippen LogP contribution is 2.20. The van der Waals surface area contributed by atoms with Crippen LogP contribution in [-0.2, 0) is 5.88 Å². The Morgan fingerprint density at radius 2 is 2.17 bits per heavy atom. The monoisotopic (exact) mass is 186 g/mol. The number of alkyl halides is 1. The zero-order chi connectivity index (χ0) is 9.14. The molecule has 1 rings (SSSR count). The zero-order valence-electron chi connectivity index (χ0n) is 6.12. The number of rotatable bonds is 2. The molecule has 2 N–H and O–H groups in total. The van der Waals surface area contributed by atoms with Crippen LogP contribution in [0.15, 0.2) is 18.2 Å². The fourth-order valence-electron chi connectivity index (χ4n) is 0.826. The molecule has 0 saturated carbocycles. The van der Waals surface area contributed by atoms with E-state index in [1.165, 1.54) is 18.2 Å². The van der Waals surface area contributed by atoms with Crippen LogP contribution in [0, 0.1) is 0 Å². The summed E-state index contributed by atoms with van der Waals surface area (Å²) in [6.07, 6.45) is 0. The molecule has 0 aromatic heterocycles. The summed E-state index contributed by atoms with van der Waals surface area (Å²) in [6, 6.07) is 4.00. The smallest absolute Gasteiger partial charge is 0.335 e. The van der Waals surface area contributed by atoms with Gasteiger partial charge in [-0.05, 0) is 18.2 Å². The van der Waals surface area contributed by atoms with E-state index in [1.54, 1.807) is 0 Å². The Bertz CT molecular complexity index is 309. The molecule has 3 nitrogen and oxygen atoms in total. The number of aromatic carboxylic acids is 1. The number of aromatic hydroxyl groups is 1. The van der Waals surface area contributed by atoms with Crippen LogP contribution >= 0.6 is 11.6 Å². The van der Waals surface area contributed by atoms with E-state index in [-0.39, 0.29) is 17.2 Å². The van der Waals surface area contributed by atoms with Gasteiger partial charge in [0.2, 0.25) is 0 Å². The van der Waals surface area contributed by atoms with Gasteiger partial charge in [0.25, 0.3) is 0 Å². The highest BCUT2D eigenvalue weighted by Gasteiger charge is 2.06. The number of hydrogen-bond acceptors (Lipinski definition) is 2. The molecule has 0 fully saturated rings. The highest BCUT2D eigenvalue weighted by molar-refractivity contribution is 6.17. The summed E-state index contributed by atoms with van der Waals surface area (Å²) >= 11 is 5.46. The van der Waals surface area contributed by atoms with Crippen LogP contribution in [0.3, 0.4) is 0 Å². The Balaban J connectivity index is 3.13. The molecule has 0 heterocycles. The van der Waals surface area contributed by atoms with Crippen LogP contribution in [0.4, 0.5) is 0 Å². The molecule has 0 bridgehead atoms. The molecule has 12 heavy (non-hydrogen) atoms. The van der Waals surface area contributed by atoms with Crippen molar-refractivity contribution in [2.45, 2.75) is 5.88 Å². The minimum atomic E-state index is -1.03. The van der Waals surface area contributed by atoms with E-state index in [0.717, 1.165) is 0 Å². The summed E-state index contributed by atoms with van der Waals surface area (Å²) < 4.78 is 0. The maximum absolute atomic E-state index is 10.5. The Morgan fingerprint density at radius 1 is 1.50 bits per heavy atom. The predicted octanol–water partition coefficient (Wildman–Crippen LogP) is 1.83. The highest BCUT2D eigenvalue weighted by atomic mass is 35.5. The number of phenolic OH excluding ortho intramolecular Hbond substituents is 1. The van der Waals surface area contributed by atoms with Crippen LogP contribution in [0.2, 0.25) is 0 Å².